The summed E-state index contributed by atoms with van der Waals surface area (Å²) in [6, 6.07) is 12.9. The van der Waals surface area contributed by atoms with Crippen LogP contribution in [0.25, 0.3) is 0 Å². The Morgan fingerprint density at radius 3 is 2.64 bits per heavy atom. The van der Waals surface area contributed by atoms with Crippen molar-refractivity contribution in [3.63, 3.8) is 0 Å². The van der Waals surface area contributed by atoms with E-state index in [1.54, 1.807) is 19.2 Å². The number of hydrogen-bond donors (Lipinski definition) is 3. The third-order valence-electron chi connectivity index (χ3n) is 5.28. The first kappa shape index (κ1) is 20.9. The Balaban J connectivity index is 2.04. The third kappa shape index (κ3) is 4.78. The Labute approximate surface area is 175 Å². The molecular formula is C21H25Cl2N3O2. The predicted octanol–water partition coefficient (Wildman–Crippen LogP) is 3.26. The Bertz CT molecular complexity index is 846. The van der Waals surface area contributed by atoms with Crippen molar-refractivity contribution in [3.8, 4) is 0 Å². The number of anilines is 1. The van der Waals surface area contributed by atoms with E-state index in [1.807, 2.05) is 30.3 Å². The number of β-amino-alcohol motifs (C(OH)–C–C–N with tert-alkyl or cyclic N) is 1. The molecule has 2 aromatic carbocycles. The molecule has 0 spiro atoms. The van der Waals surface area contributed by atoms with Gasteiger partial charge in [-0.25, -0.2) is 0 Å². The summed E-state index contributed by atoms with van der Waals surface area (Å²) in [6.07, 6.45) is 0.408. The minimum atomic E-state index is -0.473. The maximum absolute atomic E-state index is 13.0. The van der Waals surface area contributed by atoms with Crippen LogP contribution in [0, 0.1) is 0 Å². The summed E-state index contributed by atoms with van der Waals surface area (Å²) >= 11 is 12.3. The number of aliphatic hydroxyl groups excluding tert-OH is 1. The number of amides is 1. The molecule has 0 aromatic heterocycles. The van der Waals surface area contributed by atoms with E-state index in [-0.39, 0.29) is 17.9 Å². The summed E-state index contributed by atoms with van der Waals surface area (Å²) in [6.45, 7) is 2.02. The second kappa shape index (κ2) is 9.14. The second-order valence-corrected chi connectivity index (χ2v) is 8.06. The number of carbonyl (C=O) groups is 1. The smallest absolute Gasteiger partial charge is 0.227 e. The van der Waals surface area contributed by atoms with Crippen molar-refractivity contribution in [1.29, 1.82) is 0 Å². The second-order valence-electron chi connectivity index (χ2n) is 7.24. The molecule has 0 radical (unpaired) electrons. The fourth-order valence-electron chi connectivity index (χ4n) is 3.88. The molecule has 150 valence electrons. The first-order chi connectivity index (χ1) is 13.4. The number of nitrogens with one attached hydrogen (secondary N) is 1. The Kier molecular flexibility index (Phi) is 6.83. The van der Waals surface area contributed by atoms with Crippen LogP contribution in [0.1, 0.15) is 29.4 Å². The first-order valence-corrected chi connectivity index (χ1v) is 10.1. The van der Waals surface area contributed by atoms with Crippen molar-refractivity contribution >= 4 is 34.8 Å². The molecule has 3 rings (SSSR count). The van der Waals surface area contributed by atoms with Crippen LogP contribution in [0.2, 0.25) is 10.0 Å². The van der Waals surface area contributed by atoms with Crippen LogP contribution in [0.15, 0.2) is 42.5 Å². The molecule has 0 aliphatic carbocycles. The van der Waals surface area contributed by atoms with Crippen LogP contribution < -0.4 is 11.1 Å². The molecule has 3 atom stereocenters. The summed E-state index contributed by atoms with van der Waals surface area (Å²) < 4.78 is 0. The van der Waals surface area contributed by atoms with Crippen LogP contribution >= 0.6 is 23.2 Å². The van der Waals surface area contributed by atoms with Gasteiger partial charge in [-0.15, -0.1) is 0 Å². The van der Waals surface area contributed by atoms with Gasteiger partial charge in [0.05, 0.1) is 22.1 Å². The van der Waals surface area contributed by atoms with Crippen LogP contribution in [0.3, 0.4) is 0 Å². The zero-order chi connectivity index (χ0) is 20.3. The number of aliphatic hydroxyl groups is 1. The lowest BCUT2D eigenvalue weighted by molar-refractivity contribution is -0.122. The maximum atomic E-state index is 13.0. The lowest BCUT2D eigenvalue weighted by Crippen LogP contribution is -2.36. The summed E-state index contributed by atoms with van der Waals surface area (Å²) in [5.74, 6) is -0.740. The van der Waals surface area contributed by atoms with Crippen LogP contribution in [0.5, 0.6) is 0 Å². The first-order valence-electron chi connectivity index (χ1n) is 9.31. The van der Waals surface area contributed by atoms with Gasteiger partial charge in [0.25, 0.3) is 0 Å². The molecule has 0 bridgehead atoms. The molecule has 1 fully saturated rings. The maximum Gasteiger partial charge on any atom is 0.227 e. The van der Waals surface area contributed by atoms with Crippen molar-refractivity contribution in [1.82, 2.24) is 10.2 Å². The largest absolute Gasteiger partial charge is 0.399 e. The van der Waals surface area contributed by atoms with E-state index >= 15 is 0 Å². The minimum Gasteiger partial charge on any atom is -0.399 e. The Morgan fingerprint density at radius 2 is 2.04 bits per heavy atom. The predicted molar refractivity (Wildman–Crippen MR) is 114 cm³/mol. The zero-order valence-electron chi connectivity index (χ0n) is 15.7. The van der Waals surface area contributed by atoms with Gasteiger partial charge in [0.15, 0.2) is 0 Å². The van der Waals surface area contributed by atoms with Crippen molar-refractivity contribution in [2.24, 2.45) is 0 Å². The van der Waals surface area contributed by atoms with Crippen LogP contribution in [0.4, 0.5) is 5.69 Å². The Hall–Kier alpha value is -1.79. The van der Waals surface area contributed by atoms with Crippen molar-refractivity contribution < 1.29 is 9.90 Å². The van der Waals surface area contributed by atoms with Gasteiger partial charge >= 0.3 is 0 Å². The van der Waals surface area contributed by atoms with Crippen molar-refractivity contribution in [2.45, 2.75) is 24.4 Å². The average Bonchev–Trinajstić information content (AvgIpc) is 3.08. The number of halogens is 2. The topological polar surface area (TPSA) is 78.6 Å². The van der Waals surface area contributed by atoms with E-state index in [2.05, 4.69) is 10.2 Å². The normalized spacial score (nSPS) is 19.4. The molecule has 28 heavy (non-hydrogen) atoms. The monoisotopic (exact) mass is 421 g/mol. The van der Waals surface area contributed by atoms with E-state index in [0.717, 1.165) is 24.1 Å². The highest BCUT2D eigenvalue weighted by Gasteiger charge is 2.34. The lowest BCUT2D eigenvalue weighted by Gasteiger charge is -2.31. The molecule has 1 saturated heterocycles. The Morgan fingerprint density at radius 1 is 1.25 bits per heavy atom. The highest BCUT2D eigenvalue weighted by molar-refractivity contribution is 6.42. The molecule has 4 N–H and O–H groups in total. The number of likely N-dealkylation sites (tertiary alicyclic amines) is 1. The lowest BCUT2D eigenvalue weighted by atomic mass is 9.80. The summed E-state index contributed by atoms with van der Waals surface area (Å²) in [4.78, 5) is 15.1. The molecule has 1 aliphatic rings. The number of hydrogen-bond acceptors (Lipinski definition) is 4. The summed E-state index contributed by atoms with van der Waals surface area (Å²) in [7, 11) is 1.63. The van der Waals surface area contributed by atoms with Crippen LogP contribution in [-0.2, 0) is 4.79 Å². The minimum absolute atomic E-state index is 0.106. The van der Waals surface area contributed by atoms with Crippen molar-refractivity contribution in [3.05, 3.63) is 63.6 Å². The molecule has 1 heterocycles. The number of nitrogens with two attached hydrogens (primary N) is 1. The van der Waals surface area contributed by atoms with Crippen molar-refractivity contribution in [2.75, 3.05) is 32.4 Å². The number of likely N-dealkylation sites (N-methyl/N-ethyl adjacent to an activating group) is 1. The van der Waals surface area contributed by atoms with Gasteiger partial charge in [-0.05, 0) is 41.8 Å². The van der Waals surface area contributed by atoms with Gasteiger partial charge in [-0.2, -0.15) is 0 Å². The van der Waals surface area contributed by atoms with E-state index in [9.17, 15) is 9.90 Å². The summed E-state index contributed by atoms with van der Waals surface area (Å²) in [5.41, 5.74) is 8.44. The molecule has 2 aromatic rings. The van der Waals surface area contributed by atoms with Gasteiger partial charge in [0.2, 0.25) is 5.91 Å². The molecule has 1 aliphatic heterocycles. The van der Waals surface area contributed by atoms with Gasteiger partial charge in [-0.1, -0.05) is 41.4 Å². The quantitative estimate of drug-likeness (QED) is 0.625. The highest BCUT2D eigenvalue weighted by Crippen LogP contribution is 2.37. The molecule has 1 amide bonds. The standard InChI is InChI=1S/C21H25Cl2N3O2/c1-25-21(28)20(14-5-6-18(22)19(23)10-14)17(12-26-8-7-16(27)11-26)13-3-2-4-15(24)9-13/h2-6,9-10,16-17,20,27H,7-8,11-12,24H2,1H3,(H,25,28)/t16-,17+,20?/m0/s1. The van der Waals surface area contributed by atoms with Gasteiger partial charge in [-0.3, -0.25) is 4.79 Å². The highest BCUT2D eigenvalue weighted by atomic mass is 35.5. The van der Waals surface area contributed by atoms with E-state index in [0.29, 0.717) is 28.8 Å². The van der Waals surface area contributed by atoms with E-state index < -0.39 is 5.92 Å². The molecular weight excluding hydrogens is 397 g/mol. The number of nitrogens with zero attached hydrogens (tertiary/aromatic N) is 1. The SMILES string of the molecule is CNC(=O)C(c1ccc(Cl)c(Cl)c1)[C@H](CN1CC[C@H](O)C1)c1cccc(N)c1. The molecule has 1 unspecified atom stereocenters. The zero-order valence-corrected chi connectivity index (χ0v) is 17.2. The van der Waals surface area contributed by atoms with Crippen LogP contribution in [-0.4, -0.2) is 48.7 Å². The van der Waals surface area contributed by atoms with E-state index in [1.165, 1.54) is 0 Å². The van der Waals surface area contributed by atoms with Gasteiger partial charge in [0, 0.05) is 38.3 Å². The van der Waals surface area contributed by atoms with Gasteiger partial charge < -0.3 is 21.1 Å². The molecule has 5 nitrogen and oxygen atoms in total. The number of rotatable bonds is 6. The molecule has 7 heteroatoms. The number of benzene rings is 2. The van der Waals surface area contributed by atoms with Gasteiger partial charge in [0.1, 0.15) is 0 Å². The number of carbonyl (C=O) groups excluding carboxylic acids is 1. The molecule has 0 saturated carbocycles. The third-order valence-corrected chi connectivity index (χ3v) is 6.01. The fraction of sp³-hybridized carbons (Fsp3) is 0.381. The fourth-order valence-corrected chi connectivity index (χ4v) is 4.18. The van der Waals surface area contributed by atoms with E-state index in [4.69, 9.17) is 28.9 Å². The average molecular weight is 422 g/mol. The summed E-state index contributed by atoms with van der Waals surface area (Å²) in [5, 5.41) is 13.6. The number of nitrogen functional groups attached to an aromatic ring is 1.